The van der Waals surface area contributed by atoms with Gasteiger partial charge in [-0.2, -0.15) is 4.98 Å². The second kappa shape index (κ2) is 6.30. The van der Waals surface area contributed by atoms with Crippen molar-refractivity contribution in [3.63, 3.8) is 0 Å². The van der Waals surface area contributed by atoms with Gasteiger partial charge in [0.25, 0.3) is 0 Å². The Morgan fingerprint density at radius 3 is 2.73 bits per heavy atom. The minimum Gasteiger partial charge on any atom is -0.492 e. The maximum absolute atomic E-state index is 11.8. The van der Waals surface area contributed by atoms with Crippen LogP contribution in [-0.2, 0) is 0 Å². The predicted molar refractivity (Wildman–Crippen MR) is 82.3 cm³/mol. The van der Waals surface area contributed by atoms with Crippen LogP contribution in [0.25, 0.3) is 0 Å². The summed E-state index contributed by atoms with van der Waals surface area (Å²) in [6.07, 6.45) is 3.54. The number of amides is 2. The largest absolute Gasteiger partial charge is 0.492 e. The van der Waals surface area contributed by atoms with Gasteiger partial charge in [0, 0.05) is 6.04 Å². The van der Waals surface area contributed by atoms with Crippen LogP contribution in [0.1, 0.15) is 18.4 Å². The third-order valence-corrected chi connectivity index (χ3v) is 3.10. The first kappa shape index (κ1) is 14.1. The van der Waals surface area contributed by atoms with Crippen molar-refractivity contribution in [1.82, 2.24) is 15.3 Å². The number of nitrogens with zero attached hydrogens (tertiary/aromatic N) is 2. The number of benzene rings is 1. The van der Waals surface area contributed by atoms with Gasteiger partial charge in [-0.25, -0.2) is 9.78 Å². The molecule has 3 rings (SSSR count). The van der Waals surface area contributed by atoms with Crippen molar-refractivity contribution in [2.45, 2.75) is 18.9 Å². The number of hydrogen-bond acceptors (Lipinski definition) is 5. The summed E-state index contributed by atoms with van der Waals surface area (Å²) < 4.78 is 0. The topological polar surface area (TPSA) is 99.2 Å². The van der Waals surface area contributed by atoms with Gasteiger partial charge >= 0.3 is 6.03 Å². The summed E-state index contributed by atoms with van der Waals surface area (Å²) in [6.45, 7) is 1.57. The summed E-state index contributed by atoms with van der Waals surface area (Å²) in [7, 11) is 0. The van der Waals surface area contributed by atoms with Crippen LogP contribution < -0.4 is 16.0 Å². The lowest BCUT2D eigenvalue weighted by Gasteiger charge is -2.09. The molecule has 7 heteroatoms. The van der Waals surface area contributed by atoms with Crippen LogP contribution in [0, 0.1) is 6.54 Å². The van der Waals surface area contributed by atoms with E-state index in [0.717, 1.165) is 18.4 Å². The highest BCUT2D eigenvalue weighted by molar-refractivity contribution is 5.90. The van der Waals surface area contributed by atoms with E-state index in [1.54, 1.807) is 6.54 Å². The summed E-state index contributed by atoms with van der Waals surface area (Å²) in [5.74, 6) is 0.0924. The minimum absolute atomic E-state index is 0.153. The van der Waals surface area contributed by atoms with Crippen molar-refractivity contribution >= 4 is 17.7 Å². The number of aromatic nitrogens is 2. The standard InChI is InChI=1S/C15H16N5O2/c21-13-12(9-16-14(20-13)18-11-6-7-11)19-15(22)17-8-10-4-2-1-3-5-10/h1-5,8-9,11H,6-7H2,(H2,17,19,22)(H2,16,18,20,21). The molecule has 22 heavy (non-hydrogen) atoms. The number of hydrogen-bond donors (Lipinski definition) is 4. The molecule has 0 bridgehead atoms. The second-order valence-electron chi connectivity index (χ2n) is 5.00. The van der Waals surface area contributed by atoms with Crippen LogP contribution in [0.5, 0.6) is 5.88 Å². The predicted octanol–water partition coefficient (Wildman–Crippen LogP) is 2.09. The molecule has 1 fully saturated rings. The van der Waals surface area contributed by atoms with Gasteiger partial charge in [-0.1, -0.05) is 30.3 Å². The average molecular weight is 298 g/mol. The molecule has 1 heterocycles. The Morgan fingerprint density at radius 2 is 2.05 bits per heavy atom. The highest BCUT2D eigenvalue weighted by Crippen LogP contribution is 2.25. The first-order chi connectivity index (χ1) is 10.7. The summed E-state index contributed by atoms with van der Waals surface area (Å²) in [5, 5.41) is 17.9. The normalized spacial score (nSPS) is 13.5. The van der Waals surface area contributed by atoms with Gasteiger partial charge in [-0.15, -0.1) is 0 Å². The molecule has 2 aromatic rings. The first-order valence-corrected chi connectivity index (χ1v) is 6.99. The Labute approximate surface area is 127 Å². The Bertz CT molecular complexity index is 658. The van der Waals surface area contributed by atoms with Crippen molar-refractivity contribution in [1.29, 1.82) is 0 Å². The van der Waals surface area contributed by atoms with Crippen molar-refractivity contribution in [3.05, 3.63) is 48.6 Å². The van der Waals surface area contributed by atoms with Crippen molar-refractivity contribution in [2.75, 3.05) is 10.6 Å². The van der Waals surface area contributed by atoms with Gasteiger partial charge in [0.15, 0.2) is 0 Å². The molecular formula is C15H16N5O2. The van der Waals surface area contributed by atoms with Gasteiger partial charge in [0.05, 0.1) is 12.7 Å². The molecule has 0 aliphatic heterocycles. The fourth-order valence-corrected chi connectivity index (χ4v) is 1.80. The van der Waals surface area contributed by atoms with E-state index < -0.39 is 6.03 Å². The highest BCUT2D eigenvalue weighted by atomic mass is 16.3. The third-order valence-electron chi connectivity index (χ3n) is 3.10. The monoisotopic (exact) mass is 298 g/mol. The van der Waals surface area contributed by atoms with E-state index in [-0.39, 0.29) is 11.6 Å². The maximum Gasteiger partial charge on any atom is 0.320 e. The molecule has 0 saturated heterocycles. The van der Waals surface area contributed by atoms with Crippen LogP contribution in [-0.4, -0.2) is 27.1 Å². The summed E-state index contributed by atoms with van der Waals surface area (Å²) >= 11 is 0. The Kier molecular flexibility index (Phi) is 4.04. The van der Waals surface area contributed by atoms with Gasteiger partial charge in [0.2, 0.25) is 11.8 Å². The van der Waals surface area contributed by atoms with E-state index >= 15 is 0 Å². The third kappa shape index (κ3) is 3.85. The molecule has 7 nitrogen and oxygen atoms in total. The zero-order valence-corrected chi connectivity index (χ0v) is 11.8. The first-order valence-electron chi connectivity index (χ1n) is 6.99. The summed E-state index contributed by atoms with van der Waals surface area (Å²) in [4.78, 5) is 19.7. The molecule has 0 atom stereocenters. The maximum atomic E-state index is 11.8. The minimum atomic E-state index is -0.481. The molecule has 1 aromatic heterocycles. The Hall–Kier alpha value is -2.83. The molecular weight excluding hydrogens is 282 g/mol. The fraction of sp³-hybridized carbons (Fsp3) is 0.200. The second-order valence-corrected chi connectivity index (χ2v) is 5.00. The Morgan fingerprint density at radius 1 is 1.27 bits per heavy atom. The van der Waals surface area contributed by atoms with Crippen molar-refractivity contribution in [2.24, 2.45) is 0 Å². The molecule has 113 valence electrons. The number of rotatable bonds is 5. The molecule has 1 radical (unpaired) electrons. The molecule has 2 amide bonds. The van der Waals surface area contributed by atoms with Gasteiger partial charge in [0.1, 0.15) is 5.69 Å². The quantitative estimate of drug-likeness (QED) is 0.677. The zero-order valence-electron chi connectivity index (χ0n) is 11.8. The van der Waals surface area contributed by atoms with Crippen molar-refractivity contribution in [3.8, 4) is 5.88 Å². The lowest BCUT2D eigenvalue weighted by Crippen LogP contribution is -2.27. The van der Waals surface area contributed by atoms with Gasteiger partial charge in [-0.05, 0) is 18.4 Å². The SMILES string of the molecule is O=C(N[CH]c1ccccc1)Nc1cnc(NC2CC2)nc1O. The fourth-order valence-electron chi connectivity index (χ4n) is 1.80. The molecule has 1 saturated carbocycles. The van der Waals surface area contributed by atoms with E-state index in [2.05, 4.69) is 25.9 Å². The number of nitrogens with one attached hydrogen (secondary N) is 3. The molecule has 0 unspecified atom stereocenters. The van der Waals surface area contributed by atoms with E-state index in [1.165, 1.54) is 6.20 Å². The van der Waals surface area contributed by atoms with E-state index in [0.29, 0.717) is 12.0 Å². The zero-order chi connectivity index (χ0) is 15.4. The van der Waals surface area contributed by atoms with Gasteiger partial charge < -0.3 is 21.1 Å². The average Bonchev–Trinajstić information content (AvgIpc) is 3.33. The molecule has 4 N–H and O–H groups in total. The van der Waals surface area contributed by atoms with E-state index in [4.69, 9.17) is 0 Å². The summed E-state index contributed by atoms with van der Waals surface area (Å²) in [5.41, 5.74) is 1.02. The van der Waals surface area contributed by atoms with E-state index in [9.17, 15) is 9.90 Å². The molecule has 1 aromatic carbocycles. The van der Waals surface area contributed by atoms with Crippen LogP contribution >= 0.6 is 0 Å². The number of carbonyl (C=O) groups excluding carboxylic acids is 1. The molecule has 1 aliphatic carbocycles. The van der Waals surface area contributed by atoms with E-state index in [1.807, 2.05) is 30.3 Å². The molecule has 0 spiro atoms. The number of aromatic hydroxyl groups is 1. The smallest absolute Gasteiger partial charge is 0.320 e. The Balaban J connectivity index is 1.54. The highest BCUT2D eigenvalue weighted by Gasteiger charge is 2.22. The number of anilines is 2. The lowest BCUT2D eigenvalue weighted by atomic mass is 10.2. The van der Waals surface area contributed by atoms with Crippen LogP contribution in [0.3, 0.4) is 0 Å². The van der Waals surface area contributed by atoms with Crippen LogP contribution in [0.15, 0.2) is 36.5 Å². The number of urea groups is 1. The van der Waals surface area contributed by atoms with Crippen LogP contribution in [0.2, 0.25) is 0 Å². The lowest BCUT2D eigenvalue weighted by molar-refractivity contribution is 0.254. The molecule has 1 aliphatic rings. The number of carbonyl (C=O) groups is 1. The van der Waals surface area contributed by atoms with Crippen molar-refractivity contribution < 1.29 is 9.90 Å². The summed E-state index contributed by atoms with van der Waals surface area (Å²) in [6, 6.07) is 9.27. The van der Waals surface area contributed by atoms with Crippen LogP contribution in [0.4, 0.5) is 16.4 Å². The van der Waals surface area contributed by atoms with Gasteiger partial charge in [-0.3, -0.25) is 0 Å².